The van der Waals surface area contributed by atoms with Crippen molar-refractivity contribution in [2.45, 2.75) is 38.3 Å². The lowest BCUT2D eigenvalue weighted by molar-refractivity contribution is -0.151. The number of aryl methyl sites for hydroxylation is 1. The van der Waals surface area contributed by atoms with Crippen LogP contribution in [0, 0.1) is 5.82 Å². The predicted molar refractivity (Wildman–Crippen MR) is 124 cm³/mol. The van der Waals surface area contributed by atoms with E-state index in [9.17, 15) is 28.7 Å². The van der Waals surface area contributed by atoms with E-state index in [2.05, 4.69) is 4.98 Å². The number of hydrogen-bond donors (Lipinski definition) is 1. The number of halogens is 1. The third kappa shape index (κ3) is 5.40. The zero-order valence-electron chi connectivity index (χ0n) is 20.2. The molecule has 11 heteroatoms. The lowest BCUT2D eigenvalue weighted by Crippen LogP contribution is -2.44. The van der Waals surface area contributed by atoms with Gasteiger partial charge in [0.1, 0.15) is 17.7 Å². The topological polar surface area (TPSA) is 122 Å². The molecule has 0 saturated carbocycles. The first kappa shape index (κ1) is 26.0. The maximum absolute atomic E-state index is 13.2. The Morgan fingerprint density at radius 2 is 1.80 bits per heavy atom. The monoisotopic (exact) mass is 488 g/mol. The van der Waals surface area contributed by atoms with Gasteiger partial charge in [-0.2, -0.15) is 0 Å². The van der Waals surface area contributed by atoms with Gasteiger partial charge in [0.05, 0.1) is 19.3 Å². The molecule has 2 heterocycles. The quantitative estimate of drug-likeness (QED) is 0.483. The number of ketones is 1. The molecular formula is C24H29FN4O6. The highest BCUT2D eigenvalue weighted by atomic mass is 19.1. The Labute approximate surface area is 201 Å². The molecular weight excluding hydrogens is 459 g/mol. The molecule has 1 N–H and O–H groups in total. The van der Waals surface area contributed by atoms with Crippen LogP contribution in [0.1, 0.15) is 53.7 Å². The fourth-order valence-electron chi connectivity index (χ4n) is 3.88. The van der Waals surface area contributed by atoms with Gasteiger partial charge in [-0.1, -0.05) is 19.1 Å². The van der Waals surface area contributed by atoms with Crippen LogP contribution in [-0.2, 0) is 20.7 Å². The Morgan fingerprint density at radius 1 is 1.14 bits per heavy atom. The largest absolute Gasteiger partial charge is 0.501 e. The minimum Gasteiger partial charge on any atom is -0.501 e. The summed E-state index contributed by atoms with van der Waals surface area (Å²) in [4.78, 5) is 57.8. The number of hydrogen-bond acceptors (Lipinski definition) is 7. The molecule has 0 saturated heterocycles. The molecule has 0 spiro atoms. The molecule has 2 unspecified atom stereocenters. The third-order valence-electron chi connectivity index (χ3n) is 6.03. The number of ether oxygens (including phenoxy) is 1. The normalized spacial score (nSPS) is 17.3. The summed E-state index contributed by atoms with van der Waals surface area (Å²) in [5.74, 6) is -3.31. The molecule has 35 heavy (non-hydrogen) atoms. The predicted octanol–water partition coefficient (Wildman–Crippen LogP) is 1.47. The van der Waals surface area contributed by atoms with Gasteiger partial charge < -0.3 is 19.6 Å². The van der Waals surface area contributed by atoms with Crippen LogP contribution in [0.5, 0.6) is 5.75 Å². The second-order valence-corrected chi connectivity index (χ2v) is 8.62. The van der Waals surface area contributed by atoms with Crippen LogP contribution in [-0.4, -0.2) is 76.4 Å². The maximum atomic E-state index is 13.2. The number of amides is 2. The fourth-order valence-corrected chi connectivity index (χ4v) is 3.88. The Kier molecular flexibility index (Phi) is 8.00. The minimum atomic E-state index is -0.945. The Balaban J connectivity index is 2.02. The van der Waals surface area contributed by atoms with E-state index in [0.29, 0.717) is 12.0 Å². The van der Waals surface area contributed by atoms with E-state index in [1.807, 2.05) is 6.92 Å². The van der Waals surface area contributed by atoms with Gasteiger partial charge in [0.15, 0.2) is 11.5 Å². The zero-order valence-corrected chi connectivity index (χ0v) is 20.2. The summed E-state index contributed by atoms with van der Waals surface area (Å²) >= 11 is 0. The van der Waals surface area contributed by atoms with Crippen molar-refractivity contribution in [2.24, 2.45) is 0 Å². The van der Waals surface area contributed by atoms with Crippen LogP contribution >= 0.6 is 0 Å². The average Bonchev–Trinajstić information content (AvgIpc) is 3.03. The first-order chi connectivity index (χ1) is 16.6. The third-order valence-corrected chi connectivity index (χ3v) is 6.03. The van der Waals surface area contributed by atoms with E-state index in [-0.39, 0.29) is 31.9 Å². The smallest absolute Gasteiger partial charge is 0.312 e. The van der Waals surface area contributed by atoms with Gasteiger partial charge in [-0.15, -0.1) is 0 Å². The van der Waals surface area contributed by atoms with Gasteiger partial charge in [0.2, 0.25) is 5.75 Å². The van der Waals surface area contributed by atoms with E-state index in [0.717, 1.165) is 9.80 Å². The summed E-state index contributed by atoms with van der Waals surface area (Å²) in [7, 11) is 4.28. The number of Topliss-reactive ketones (excluding diaryl/α,β-unsaturated/α-hetero) is 1. The van der Waals surface area contributed by atoms with Crippen molar-refractivity contribution in [1.29, 1.82) is 0 Å². The number of fused-ring (bicyclic) bond motifs is 1. The van der Waals surface area contributed by atoms with E-state index in [1.54, 1.807) is 12.1 Å². The van der Waals surface area contributed by atoms with Crippen molar-refractivity contribution in [3.63, 3.8) is 0 Å². The zero-order chi connectivity index (χ0) is 25.9. The Hall–Kier alpha value is -3.60. The van der Waals surface area contributed by atoms with Gasteiger partial charge in [-0.25, -0.2) is 9.37 Å². The number of nitrogens with zero attached hydrogens (tertiary/aromatic N) is 4. The van der Waals surface area contributed by atoms with E-state index in [4.69, 9.17) is 4.74 Å². The van der Waals surface area contributed by atoms with Crippen LogP contribution < -0.4 is 5.56 Å². The number of carbonyl (C=O) groups is 3. The molecule has 0 bridgehead atoms. The first-order valence-electron chi connectivity index (χ1n) is 11.3. The summed E-state index contributed by atoms with van der Waals surface area (Å²) in [6.45, 7) is 1.90. The lowest BCUT2D eigenvalue weighted by Gasteiger charge is -2.28. The van der Waals surface area contributed by atoms with Gasteiger partial charge in [-0.05, 0) is 30.5 Å². The number of aromatic nitrogens is 2. The van der Waals surface area contributed by atoms with Gasteiger partial charge in [0.25, 0.3) is 5.56 Å². The molecule has 2 atom stereocenters. The number of benzene rings is 1. The summed E-state index contributed by atoms with van der Waals surface area (Å²) in [6.07, 6.45) is 0.632. The molecule has 1 aliphatic heterocycles. The van der Waals surface area contributed by atoms with Crippen molar-refractivity contribution < 1.29 is 28.6 Å². The number of likely N-dealkylation sites (N-methyl/N-ethyl adjacent to an activating group) is 2. The van der Waals surface area contributed by atoms with Crippen LogP contribution in [0.2, 0.25) is 0 Å². The Bertz CT molecular complexity index is 1180. The molecule has 188 valence electrons. The number of aromatic hydroxyl groups is 1. The lowest BCUT2D eigenvalue weighted by atomic mass is 10.0. The van der Waals surface area contributed by atoms with E-state index < -0.39 is 52.5 Å². The molecule has 1 aromatic heterocycles. The number of rotatable bonds is 6. The second kappa shape index (κ2) is 10.8. The van der Waals surface area contributed by atoms with Gasteiger partial charge in [0, 0.05) is 27.6 Å². The minimum absolute atomic E-state index is 0.0557. The van der Waals surface area contributed by atoms with E-state index in [1.165, 1.54) is 37.8 Å². The SMILES string of the molecule is CCC1COCC(N(C)C(=O)C(=O)N(C)C)c2nc(C(=O)CCc3ccc(F)cc3)c(O)c(=O)n21. The summed E-state index contributed by atoms with van der Waals surface area (Å²) in [5.41, 5.74) is -0.525. The fraction of sp³-hybridized carbons (Fsp3) is 0.458. The van der Waals surface area contributed by atoms with Crippen LogP contribution in [0.4, 0.5) is 4.39 Å². The molecule has 10 nitrogen and oxygen atoms in total. The highest BCUT2D eigenvalue weighted by molar-refractivity contribution is 6.34. The Morgan fingerprint density at radius 3 is 2.40 bits per heavy atom. The molecule has 0 fully saturated rings. The first-order valence-corrected chi connectivity index (χ1v) is 11.3. The summed E-state index contributed by atoms with van der Waals surface area (Å²) < 4.78 is 20.1. The van der Waals surface area contributed by atoms with Crippen LogP contribution in [0.15, 0.2) is 29.1 Å². The van der Waals surface area contributed by atoms with Crippen molar-refractivity contribution in [3.05, 3.63) is 57.5 Å². The molecule has 3 rings (SSSR count). The van der Waals surface area contributed by atoms with E-state index >= 15 is 0 Å². The standard InChI is InChI=1S/C24H29FN4O6/c1-5-16-12-35-13-17(28(4)24(34)23(33)27(2)3)21-26-19(20(31)22(32)29(16)21)18(30)11-8-14-6-9-15(25)10-7-14/h6-7,9-10,16-17,31H,5,8,11-13H2,1-4H3. The highest BCUT2D eigenvalue weighted by Gasteiger charge is 2.36. The molecule has 1 aliphatic rings. The molecule has 2 amide bonds. The highest BCUT2D eigenvalue weighted by Crippen LogP contribution is 2.28. The van der Waals surface area contributed by atoms with Crippen molar-refractivity contribution in [3.8, 4) is 5.75 Å². The van der Waals surface area contributed by atoms with Crippen molar-refractivity contribution in [2.75, 3.05) is 34.4 Å². The molecule has 0 radical (unpaired) electrons. The van der Waals surface area contributed by atoms with Crippen molar-refractivity contribution in [1.82, 2.24) is 19.4 Å². The van der Waals surface area contributed by atoms with Crippen molar-refractivity contribution >= 4 is 17.6 Å². The van der Waals surface area contributed by atoms with Crippen LogP contribution in [0.3, 0.4) is 0 Å². The summed E-state index contributed by atoms with van der Waals surface area (Å²) in [6, 6.07) is 4.22. The van der Waals surface area contributed by atoms with Gasteiger partial charge >= 0.3 is 11.8 Å². The second-order valence-electron chi connectivity index (χ2n) is 8.62. The van der Waals surface area contributed by atoms with Gasteiger partial charge in [-0.3, -0.25) is 23.7 Å². The summed E-state index contributed by atoms with van der Waals surface area (Å²) in [5, 5.41) is 10.6. The maximum Gasteiger partial charge on any atom is 0.312 e. The molecule has 0 aliphatic carbocycles. The number of carbonyl (C=O) groups excluding carboxylic acids is 3. The molecule has 1 aromatic carbocycles. The van der Waals surface area contributed by atoms with Crippen LogP contribution in [0.25, 0.3) is 0 Å². The molecule has 2 aromatic rings. The average molecular weight is 489 g/mol.